The molecule has 2 fully saturated rings. The van der Waals surface area contributed by atoms with Crippen LogP contribution in [-0.2, 0) is 14.3 Å². The van der Waals surface area contributed by atoms with E-state index in [1.165, 1.54) is 12.1 Å². The quantitative estimate of drug-likeness (QED) is 0.572. The van der Waals surface area contributed by atoms with Gasteiger partial charge in [-0.05, 0) is 31.9 Å². The Morgan fingerprint density at radius 3 is 2.69 bits per heavy atom. The predicted molar refractivity (Wildman–Crippen MR) is 118 cm³/mol. The van der Waals surface area contributed by atoms with Crippen molar-refractivity contribution in [3.63, 3.8) is 0 Å². The predicted octanol–water partition coefficient (Wildman–Crippen LogP) is 2.47. The molecule has 0 radical (unpaired) electrons. The molecule has 0 aliphatic carbocycles. The molecular formula is C22H30ClFN4O4. The number of morpholine rings is 1. The summed E-state index contributed by atoms with van der Waals surface area (Å²) in [5, 5.41) is 5.73. The zero-order valence-corrected chi connectivity index (χ0v) is 19.4. The van der Waals surface area contributed by atoms with Gasteiger partial charge < -0.3 is 15.4 Å². The first-order valence-corrected chi connectivity index (χ1v) is 11.3. The molecule has 2 aliphatic rings. The fourth-order valence-corrected chi connectivity index (χ4v) is 4.62. The summed E-state index contributed by atoms with van der Waals surface area (Å²) >= 11 is 6.32. The van der Waals surface area contributed by atoms with Crippen LogP contribution in [0.2, 0.25) is 5.02 Å². The number of carbonyl (C=O) groups excluding carboxylic acids is 3. The van der Waals surface area contributed by atoms with Crippen LogP contribution < -0.4 is 10.6 Å². The number of carbonyl (C=O) groups is 3. The van der Waals surface area contributed by atoms with E-state index in [0.717, 1.165) is 4.90 Å². The van der Waals surface area contributed by atoms with E-state index in [2.05, 4.69) is 10.6 Å². The van der Waals surface area contributed by atoms with E-state index in [9.17, 15) is 18.8 Å². The second-order valence-electron chi connectivity index (χ2n) is 8.24. The summed E-state index contributed by atoms with van der Waals surface area (Å²) in [6.45, 7) is 6.82. The minimum Gasteiger partial charge on any atom is -0.376 e. The van der Waals surface area contributed by atoms with E-state index < -0.39 is 41.8 Å². The lowest BCUT2D eigenvalue weighted by molar-refractivity contribution is -0.135. The number of hydrogen-bond acceptors (Lipinski definition) is 5. The van der Waals surface area contributed by atoms with Crippen molar-refractivity contribution in [3.8, 4) is 0 Å². The Hall–Kier alpha value is -2.23. The third kappa shape index (κ3) is 4.89. The van der Waals surface area contributed by atoms with Crippen molar-refractivity contribution in [2.75, 3.05) is 32.8 Å². The average Bonchev–Trinajstić information content (AvgIpc) is 3.00. The third-order valence-corrected chi connectivity index (χ3v) is 6.62. The van der Waals surface area contributed by atoms with Crippen molar-refractivity contribution < 1.29 is 23.5 Å². The van der Waals surface area contributed by atoms with Crippen molar-refractivity contribution in [1.82, 2.24) is 20.4 Å². The van der Waals surface area contributed by atoms with E-state index in [1.807, 2.05) is 25.7 Å². The zero-order chi connectivity index (χ0) is 23.5. The summed E-state index contributed by atoms with van der Waals surface area (Å²) in [6, 6.07) is 3.38. The second-order valence-corrected chi connectivity index (χ2v) is 8.65. The number of rotatable bonds is 8. The molecule has 8 nitrogen and oxygen atoms in total. The van der Waals surface area contributed by atoms with E-state index in [4.69, 9.17) is 16.3 Å². The SMILES string of the molecule is CCC1(CC)NC(=O)N(CC(=O)NCC(c2c(F)cccc2Cl)N2CCOC(C)C2)C1=O. The Kier molecular flexibility index (Phi) is 7.74. The molecule has 2 heterocycles. The number of ether oxygens (including phenoxy) is 1. The normalized spacial score (nSPS) is 22.0. The van der Waals surface area contributed by atoms with Crippen molar-refractivity contribution in [3.05, 3.63) is 34.6 Å². The maximum absolute atomic E-state index is 14.7. The number of imide groups is 1. The molecular weight excluding hydrogens is 439 g/mol. The van der Waals surface area contributed by atoms with Crippen LogP contribution in [0.4, 0.5) is 9.18 Å². The number of nitrogens with one attached hydrogen (secondary N) is 2. The number of amides is 4. The number of halogens is 2. The van der Waals surface area contributed by atoms with Gasteiger partial charge in [0.1, 0.15) is 17.9 Å². The Morgan fingerprint density at radius 1 is 1.38 bits per heavy atom. The van der Waals surface area contributed by atoms with Crippen LogP contribution in [0.15, 0.2) is 18.2 Å². The zero-order valence-electron chi connectivity index (χ0n) is 18.6. The highest BCUT2D eigenvalue weighted by molar-refractivity contribution is 6.31. The van der Waals surface area contributed by atoms with E-state index in [0.29, 0.717) is 38.1 Å². The molecule has 2 atom stereocenters. The van der Waals surface area contributed by atoms with Gasteiger partial charge in [-0.25, -0.2) is 9.18 Å². The van der Waals surface area contributed by atoms with Gasteiger partial charge in [0.15, 0.2) is 0 Å². The molecule has 2 aliphatic heterocycles. The van der Waals surface area contributed by atoms with Crippen molar-refractivity contribution >= 4 is 29.4 Å². The number of urea groups is 1. The van der Waals surface area contributed by atoms with E-state index >= 15 is 0 Å². The lowest BCUT2D eigenvalue weighted by atomic mass is 9.93. The van der Waals surface area contributed by atoms with Gasteiger partial charge >= 0.3 is 6.03 Å². The van der Waals surface area contributed by atoms with Crippen LogP contribution in [0.5, 0.6) is 0 Å². The van der Waals surface area contributed by atoms with E-state index in [-0.39, 0.29) is 17.7 Å². The van der Waals surface area contributed by atoms with Gasteiger partial charge in [0.2, 0.25) is 5.91 Å². The average molecular weight is 469 g/mol. The summed E-state index contributed by atoms with van der Waals surface area (Å²) in [5.41, 5.74) is -0.667. The standard InChI is InChI=1S/C22H30ClFN4O4/c1-4-22(5-2)20(30)28(21(31)26-22)13-18(29)25-11-17(27-9-10-32-14(3)12-27)19-15(23)7-6-8-16(19)24/h6-8,14,17H,4-5,9-13H2,1-3H3,(H,25,29)(H,26,31). The van der Waals surface area contributed by atoms with E-state index in [1.54, 1.807) is 6.07 Å². The molecule has 176 valence electrons. The topological polar surface area (TPSA) is 91.0 Å². The van der Waals surface area contributed by atoms with Gasteiger partial charge in [0.25, 0.3) is 5.91 Å². The first-order chi connectivity index (χ1) is 15.2. The summed E-state index contributed by atoms with van der Waals surface area (Å²) in [5.74, 6) is -1.37. The van der Waals surface area contributed by atoms with Gasteiger partial charge in [-0.15, -0.1) is 0 Å². The molecule has 2 unspecified atom stereocenters. The van der Waals surface area contributed by atoms with Crippen LogP contribution in [0, 0.1) is 5.82 Å². The first-order valence-electron chi connectivity index (χ1n) is 10.9. The minimum atomic E-state index is -0.968. The fourth-order valence-electron chi connectivity index (χ4n) is 4.33. The molecule has 1 aromatic carbocycles. The molecule has 0 spiro atoms. The summed E-state index contributed by atoms with van der Waals surface area (Å²) in [4.78, 5) is 40.7. The highest BCUT2D eigenvalue weighted by Gasteiger charge is 2.49. The lowest BCUT2D eigenvalue weighted by Gasteiger charge is -2.38. The summed E-state index contributed by atoms with van der Waals surface area (Å²) < 4.78 is 20.3. The Bertz CT molecular complexity index is 859. The van der Waals surface area contributed by atoms with Crippen LogP contribution in [0.1, 0.15) is 45.2 Å². The maximum Gasteiger partial charge on any atom is 0.325 e. The molecule has 0 saturated carbocycles. The summed E-state index contributed by atoms with van der Waals surface area (Å²) in [6.07, 6.45) is 0.833. The smallest absolute Gasteiger partial charge is 0.325 e. The van der Waals surface area contributed by atoms with Gasteiger partial charge in [0, 0.05) is 30.2 Å². The molecule has 0 bridgehead atoms. The van der Waals surface area contributed by atoms with Crippen molar-refractivity contribution in [2.45, 2.75) is 51.3 Å². The number of hydrogen-bond donors (Lipinski definition) is 2. The Labute approximate surface area is 192 Å². The molecule has 32 heavy (non-hydrogen) atoms. The Morgan fingerprint density at radius 2 is 2.09 bits per heavy atom. The summed E-state index contributed by atoms with van der Waals surface area (Å²) in [7, 11) is 0. The highest BCUT2D eigenvalue weighted by atomic mass is 35.5. The van der Waals surface area contributed by atoms with Gasteiger partial charge in [-0.1, -0.05) is 31.5 Å². The fraction of sp³-hybridized carbons (Fsp3) is 0.591. The number of nitrogens with zero attached hydrogens (tertiary/aromatic N) is 2. The van der Waals surface area contributed by atoms with Gasteiger partial charge in [-0.3, -0.25) is 19.4 Å². The molecule has 2 N–H and O–H groups in total. The molecule has 4 amide bonds. The van der Waals surface area contributed by atoms with Gasteiger partial charge in [-0.2, -0.15) is 0 Å². The monoisotopic (exact) mass is 468 g/mol. The third-order valence-electron chi connectivity index (χ3n) is 6.29. The first kappa shape index (κ1) is 24.4. The van der Waals surface area contributed by atoms with Crippen LogP contribution >= 0.6 is 11.6 Å². The minimum absolute atomic E-state index is 0.0466. The molecule has 0 aromatic heterocycles. The molecule has 10 heteroatoms. The second kappa shape index (κ2) is 10.1. The lowest BCUT2D eigenvalue weighted by Crippen LogP contribution is -2.49. The number of benzene rings is 1. The van der Waals surface area contributed by atoms with Crippen LogP contribution in [-0.4, -0.2) is 72.1 Å². The molecule has 1 aromatic rings. The molecule has 2 saturated heterocycles. The Balaban J connectivity index is 1.73. The van der Waals surface area contributed by atoms with Gasteiger partial charge in [0.05, 0.1) is 18.8 Å². The largest absolute Gasteiger partial charge is 0.376 e. The highest BCUT2D eigenvalue weighted by Crippen LogP contribution is 2.31. The van der Waals surface area contributed by atoms with Crippen LogP contribution in [0.3, 0.4) is 0 Å². The molecule has 3 rings (SSSR count). The van der Waals surface area contributed by atoms with Crippen molar-refractivity contribution in [1.29, 1.82) is 0 Å². The maximum atomic E-state index is 14.7. The van der Waals surface area contributed by atoms with Crippen molar-refractivity contribution in [2.24, 2.45) is 0 Å². The van der Waals surface area contributed by atoms with Crippen LogP contribution in [0.25, 0.3) is 0 Å².